The molecule has 1 saturated heterocycles. The molecule has 6 aromatic rings. The molecule has 5 heterocycles. The van der Waals surface area contributed by atoms with Gasteiger partial charge in [0.25, 0.3) is 12.3 Å². The maximum absolute atomic E-state index is 14.0. The predicted octanol–water partition coefficient (Wildman–Crippen LogP) is 5.46. The van der Waals surface area contributed by atoms with E-state index in [2.05, 4.69) is 36.3 Å². The minimum Gasteiger partial charge on any atom is -0.444 e. The lowest BCUT2D eigenvalue weighted by Gasteiger charge is -2.21. The molecule has 320 valence electrons. The molecule has 0 aliphatic carbocycles. The Balaban J connectivity index is 0.870. The number of benzene rings is 2. The normalized spacial score (nSPS) is 14.5. The first-order chi connectivity index (χ1) is 29.3. The van der Waals surface area contributed by atoms with Crippen molar-refractivity contribution in [2.45, 2.75) is 50.9 Å². The third kappa shape index (κ3) is 10.0. The van der Waals surface area contributed by atoms with E-state index in [4.69, 9.17) is 9.15 Å². The highest BCUT2D eigenvalue weighted by atomic mass is 19.4. The second-order valence-corrected chi connectivity index (χ2v) is 14.1. The fourth-order valence-corrected chi connectivity index (χ4v) is 6.89. The number of piperidine rings is 1. The summed E-state index contributed by atoms with van der Waals surface area (Å²) < 4.78 is 81.1. The van der Waals surface area contributed by atoms with Gasteiger partial charge in [0.15, 0.2) is 11.4 Å². The Morgan fingerprint density at radius 3 is 2.64 bits per heavy atom. The van der Waals surface area contributed by atoms with Gasteiger partial charge in [-0.1, -0.05) is 24.3 Å². The maximum atomic E-state index is 14.0. The van der Waals surface area contributed by atoms with Gasteiger partial charge in [-0.15, -0.1) is 0 Å². The summed E-state index contributed by atoms with van der Waals surface area (Å²) in [5.41, 5.74) is 2.38. The van der Waals surface area contributed by atoms with Gasteiger partial charge in [-0.2, -0.15) is 18.3 Å². The van der Waals surface area contributed by atoms with Gasteiger partial charge in [-0.3, -0.25) is 28.8 Å². The third-order valence-electron chi connectivity index (χ3n) is 9.81. The van der Waals surface area contributed by atoms with Crippen LogP contribution in [0.15, 0.2) is 82.5 Å². The molecular formula is C40H39F5N10O6. The Morgan fingerprint density at radius 2 is 1.89 bits per heavy atom. The minimum absolute atomic E-state index is 0.0993. The van der Waals surface area contributed by atoms with E-state index in [1.165, 1.54) is 38.3 Å². The summed E-state index contributed by atoms with van der Waals surface area (Å²) in [5, 5.41) is 14.1. The quantitative estimate of drug-likeness (QED) is 0.0518. The summed E-state index contributed by atoms with van der Waals surface area (Å²) in [6.07, 6.45) is -2.28. The lowest BCUT2D eigenvalue weighted by molar-refractivity contribution is -0.135. The molecule has 21 heteroatoms. The molecule has 1 aliphatic rings. The SMILES string of the molecule is Cn1c(=O)n(C2CCC(=O)NC2=O)c2cccc(CCCOCCNCc3ccc(-n4cc(NC(=O)c5coc(-c6ccnc(NCC(F)(F)F)c6)n5)c(C(F)F)n4)cc3)c21. The molecule has 0 bridgehead atoms. The first-order valence-corrected chi connectivity index (χ1v) is 19.1. The number of imide groups is 1. The van der Waals surface area contributed by atoms with Crippen LogP contribution in [0.1, 0.15) is 59.0 Å². The van der Waals surface area contributed by atoms with Crippen molar-refractivity contribution in [1.29, 1.82) is 0 Å². The van der Waals surface area contributed by atoms with Gasteiger partial charge in [0.2, 0.25) is 17.7 Å². The fraction of sp³-hybridized carbons (Fsp3) is 0.325. The highest BCUT2D eigenvalue weighted by Crippen LogP contribution is 2.29. The summed E-state index contributed by atoms with van der Waals surface area (Å²) in [5.74, 6) is -1.91. The molecule has 0 radical (unpaired) electrons. The number of anilines is 2. The molecular weight excluding hydrogens is 811 g/mol. The average molecular weight is 851 g/mol. The molecule has 3 amide bonds. The molecule has 1 unspecified atom stereocenters. The van der Waals surface area contributed by atoms with Crippen LogP contribution >= 0.6 is 0 Å². The number of nitrogens with zero attached hydrogens (tertiary/aromatic N) is 6. The van der Waals surface area contributed by atoms with Crippen LogP contribution in [0.3, 0.4) is 0 Å². The Hall–Kier alpha value is -6.74. The number of hydrogen-bond acceptors (Lipinski definition) is 11. The first kappa shape index (κ1) is 42.4. The van der Waals surface area contributed by atoms with Crippen molar-refractivity contribution in [3.05, 3.63) is 106 Å². The molecule has 4 N–H and O–H groups in total. The van der Waals surface area contributed by atoms with Crippen LogP contribution in [0.2, 0.25) is 0 Å². The second-order valence-electron chi connectivity index (χ2n) is 14.1. The lowest BCUT2D eigenvalue weighted by atomic mass is 10.0. The number of ether oxygens (including phenoxy) is 1. The molecule has 1 fully saturated rings. The van der Waals surface area contributed by atoms with Gasteiger partial charge < -0.3 is 25.1 Å². The van der Waals surface area contributed by atoms with Gasteiger partial charge in [-0.25, -0.2) is 28.2 Å². The number of oxazole rings is 1. The van der Waals surface area contributed by atoms with Crippen LogP contribution < -0.4 is 27.0 Å². The Kier molecular flexibility index (Phi) is 12.7. The fourth-order valence-electron chi connectivity index (χ4n) is 6.89. The molecule has 4 aromatic heterocycles. The number of nitrogens with one attached hydrogen (secondary N) is 4. The number of alkyl halides is 5. The zero-order valence-corrected chi connectivity index (χ0v) is 32.5. The highest BCUT2D eigenvalue weighted by Gasteiger charge is 2.32. The molecule has 1 atom stereocenters. The van der Waals surface area contributed by atoms with Crippen molar-refractivity contribution < 1.29 is 45.5 Å². The molecule has 0 saturated carbocycles. The lowest BCUT2D eigenvalue weighted by Crippen LogP contribution is -2.44. The van der Waals surface area contributed by atoms with Gasteiger partial charge in [-0.05, 0) is 60.7 Å². The summed E-state index contributed by atoms with van der Waals surface area (Å²) in [6, 6.07) is 14.5. The maximum Gasteiger partial charge on any atom is 0.405 e. The largest absolute Gasteiger partial charge is 0.444 e. The monoisotopic (exact) mass is 850 g/mol. The number of carbonyl (C=O) groups is 3. The first-order valence-electron chi connectivity index (χ1n) is 19.1. The van der Waals surface area contributed by atoms with Crippen LogP contribution in [0.4, 0.5) is 33.5 Å². The van der Waals surface area contributed by atoms with E-state index in [0.717, 1.165) is 22.9 Å². The number of carbonyl (C=O) groups excluding carboxylic acids is 3. The Labute approximate surface area is 343 Å². The molecule has 16 nitrogen and oxygen atoms in total. The van der Waals surface area contributed by atoms with E-state index in [-0.39, 0.29) is 53.1 Å². The number of fused-ring (bicyclic) bond motifs is 1. The predicted molar refractivity (Wildman–Crippen MR) is 210 cm³/mol. The van der Waals surface area contributed by atoms with Crippen molar-refractivity contribution in [3.8, 4) is 17.1 Å². The van der Waals surface area contributed by atoms with E-state index in [0.29, 0.717) is 50.3 Å². The van der Waals surface area contributed by atoms with E-state index < -0.39 is 42.7 Å². The molecule has 2 aromatic carbocycles. The smallest absolute Gasteiger partial charge is 0.405 e. The average Bonchev–Trinajstić information content (AvgIpc) is 3.96. The number of rotatable bonds is 17. The van der Waals surface area contributed by atoms with Crippen molar-refractivity contribution in [2.75, 3.05) is 36.9 Å². The number of aryl methyl sites for hydroxylation is 2. The van der Waals surface area contributed by atoms with Crippen molar-refractivity contribution in [1.82, 2.24) is 39.5 Å². The van der Waals surface area contributed by atoms with Crippen molar-refractivity contribution in [2.24, 2.45) is 7.05 Å². The van der Waals surface area contributed by atoms with Gasteiger partial charge >= 0.3 is 11.9 Å². The van der Waals surface area contributed by atoms with Gasteiger partial charge in [0.1, 0.15) is 24.7 Å². The van der Waals surface area contributed by atoms with Gasteiger partial charge in [0.05, 0.1) is 35.2 Å². The highest BCUT2D eigenvalue weighted by molar-refractivity contribution is 6.03. The Bertz CT molecular complexity index is 2600. The second kappa shape index (κ2) is 18.3. The number of para-hydroxylation sites is 1. The third-order valence-corrected chi connectivity index (χ3v) is 9.81. The van der Waals surface area contributed by atoms with E-state index in [1.54, 1.807) is 37.4 Å². The molecule has 0 spiro atoms. The number of pyridine rings is 1. The number of imidazole rings is 1. The van der Waals surface area contributed by atoms with E-state index >= 15 is 0 Å². The summed E-state index contributed by atoms with van der Waals surface area (Å²) in [6.45, 7) is 0.649. The number of amides is 3. The zero-order valence-electron chi connectivity index (χ0n) is 32.5. The summed E-state index contributed by atoms with van der Waals surface area (Å²) in [4.78, 5) is 58.2. The van der Waals surface area contributed by atoms with Crippen LogP contribution in [-0.2, 0) is 34.3 Å². The summed E-state index contributed by atoms with van der Waals surface area (Å²) >= 11 is 0. The standard InChI is InChI=1S/C40H39F5N10O6/c1-53-34-24(4-2-6-29(34)55(39(53)59)30-11-12-32(56)51-37(30)58)5-3-16-60-17-15-46-19-23-7-9-26(10-8-23)54-20-27(33(52-54)35(41)42)49-36(57)28-21-61-38(50-28)25-13-14-47-31(18-25)48-22-40(43,44)45/h2,4,6-10,13-14,18,20-21,30,35,46H,3,5,11-12,15-17,19,22H2,1H3,(H,47,48)(H,49,57)(H,51,56,58). The topological polar surface area (TPSA) is 192 Å². The van der Waals surface area contributed by atoms with Crippen molar-refractivity contribution in [3.63, 3.8) is 0 Å². The van der Waals surface area contributed by atoms with Crippen LogP contribution in [0.25, 0.3) is 28.2 Å². The number of halogens is 5. The number of hydrogen-bond donors (Lipinski definition) is 4. The summed E-state index contributed by atoms with van der Waals surface area (Å²) in [7, 11) is 1.67. The van der Waals surface area contributed by atoms with Gasteiger partial charge in [0, 0.05) is 44.9 Å². The van der Waals surface area contributed by atoms with Crippen molar-refractivity contribution >= 4 is 40.3 Å². The van der Waals surface area contributed by atoms with Crippen LogP contribution in [0, 0.1) is 0 Å². The molecule has 7 rings (SSSR count). The minimum atomic E-state index is -4.47. The van der Waals surface area contributed by atoms with E-state index in [1.807, 2.05) is 12.1 Å². The van der Waals surface area contributed by atoms with Crippen LogP contribution in [-0.4, -0.2) is 79.1 Å². The molecule has 61 heavy (non-hydrogen) atoms. The number of aromatic nitrogens is 6. The van der Waals surface area contributed by atoms with E-state index in [9.17, 15) is 41.1 Å². The zero-order chi connectivity index (χ0) is 43.3. The Morgan fingerprint density at radius 1 is 1.08 bits per heavy atom. The molecule has 1 aliphatic heterocycles. The van der Waals surface area contributed by atoms with Crippen LogP contribution in [0.5, 0.6) is 0 Å².